The summed E-state index contributed by atoms with van der Waals surface area (Å²) < 4.78 is 4.62. The summed E-state index contributed by atoms with van der Waals surface area (Å²) >= 11 is 1.88. The van der Waals surface area contributed by atoms with Crippen LogP contribution in [0.4, 0.5) is 0 Å². The third-order valence-electron chi connectivity index (χ3n) is 4.98. The van der Waals surface area contributed by atoms with Crippen molar-refractivity contribution in [1.82, 2.24) is 14.1 Å². The SMILES string of the molecule is CCCCSc1nc2ccccc2n1Cc1cn(C)c2cccc(C)c12. The molecule has 4 rings (SSSR count). The van der Waals surface area contributed by atoms with Crippen LogP contribution in [0, 0.1) is 6.92 Å². The third kappa shape index (κ3) is 3.03. The second-order valence-electron chi connectivity index (χ2n) is 6.91. The van der Waals surface area contributed by atoms with Gasteiger partial charge in [0, 0.05) is 29.9 Å². The van der Waals surface area contributed by atoms with E-state index in [-0.39, 0.29) is 0 Å². The minimum Gasteiger partial charge on any atom is -0.350 e. The van der Waals surface area contributed by atoms with Crippen molar-refractivity contribution in [1.29, 1.82) is 0 Å². The van der Waals surface area contributed by atoms with Crippen molar-refractivity contribution in [3.63, 3.8) is 0 Å². The van der Waals surface area contributed by atoms with E-state index < -0.39 is 0 Å². The predicted molar refractivity (Wildman–Crippen MR) is 112 cm³/mol. The van der Waals surface area contributed by atoms with Gasteiger partial charge in [0.1, 0.15) is 0 Å². The number of thioether (sulfide) groups is 1. The van der Waals surface area contributed by atoms with Crippen LogP contribution in [0.1, 0.15) is 30.9 Å². The van der Waals surface area contributed by atoms with Gasteiger partial charge in [-0.2, -0.15) is 0 Å². The van der Waals surface area contributed by atoms with Crippen LogP contribution in [0.3, 0.4) is 0 Å². The first-order chi connectivity index (χ1) is 12.7. The molecule has 0 aliphatic heterocycles. The van der Waals surface area contributed by atoms with E-state index in [0.29, 0.717) is 0 Å². The molecule has 3 nitrogen and oxygen atoms in total. The van der Waals surface area contributed by atoms with E-state index in [9.17, 15) is 0 Å². The lowest BCUT2D eigenvalue weighted by molar-refractivity contribution is 0.730. The minimum absolute atomic E-state index is 0.858. The maximum Gasteiger partial charge on any atom is 0.169 e. The molecule has 2 aromatic carbocycles. The lowest BCUT2D eigenvalue weighted by Crippen LogP contribution is -2.02. The number of benzene rings is 2. The smallest absolute Gasteiger partial charge is 0.169 e. The Morgan fingerprint density at radius 3 is 2.69 bits per heavy atom. The van der Waals surface area contributed by atoms with E-state index in [4.69, 9.17) is 4.98 Å². The Morgan fingerprint density at radius 1 is 1.04 bits per heavy atom. The molecular formula is C22H25N3S. The maximum atomic E-state index is 4.91. The summed E-state index contributed by atoms with van der Waals surface area (Å²) in [5.74, 6) is 1.12. The Kier molecular flexibility index (Phi) is 4.77. The number of hydrogen-bond acceptors (Lipinski definition) is 2. The summed E-state index contributed by atoms with van der Waals surface area (Å²) in [5.41, 5.74) is 6.30. The van der Waals surface area contributed by atoms with Gasteiger partial charge in [0.05, 0.1) is 17.6 Å². The van der Waals surface area contributed by atoms with Gasteiger partial charge in [0.2, 0.25) is 0 Å². The lowest BCUT2D eigenvalue weighted by Gasteiger charge is -2.09. The molecule has 0 fully saturated rings. The van der Waals surface area contributed by atoms with Gasteiger partial charge in [-0.3, -0.25) is 0 Å². The van der Waals surface area contributed by atoms with Crippen LogP contribution in [-0.2, 0) is 13.6 Å². The average molecular weight is 364 g/mol. The van der Waals surface area contributed by atoms with Gasteiger partial charge in [-0.15, -0.1) is 0 Å². The van der Waals surface area contributed by atoms with Gasteiger partial charge in [-0.1, -0.05) is 49.4 Å². The highest BCUT2D eigenvalue weighted by Crippen LogP contribution is 2.29. The molecule has 2 heterocycles. The topological polar surface area (TPSA) is 22.8 Å². The van der Waals surface area contributed by atoms with E-state index in [1.165, 1.54) is 40.4 Å². The molecule has 0 amide bonds. The number of unbranched alkanes of at least 4 members (excludes halogenated alkanes) is 1. The van der Waals surface area contributed by atoms with Crippen molar-refractivity contribution in [2.24, 2.45) is 7.05 Å². The second kappa shape index (κ2) is 7.20. The number of rotatable bonds is 6. The summed E-state index contributed by atoms with van der Waals surface area (Å²) in [7, 11) is 2.13. The zero-order chi connectivity index (χ0) is 18.1. The number of aryl methyl sites for hydroxylation is 2. The standard InChI is InChI=1S/C22H25N3S/c1-4-5-13-26-22-23-18-10-6-7-11-19(18)25(22)15-17-14-24(3)20-12-8-9-16(2)21(17)20/h6-12,14H,4-5,13,15H2,1-3H3. The van der Waals surface area contributed by atoms with Crippen molar-refractivity contribution in [2.45, 2.75) is 38.4 Å². The van der Waals surface area contributed by atoms with Gasteiger partial charge in [0.25, 0.3) is 0 Å². The van der Waals surface area contributed by atoms with Gasteiger partial charge < -0.3 is 9.13 Å². The molecular weight excluding hydrogens is 338 g/mol. The molecule has 0 atom stereocenters. The molecule has 0 unspecified atom stereocenters. The monoisotopic (exact) mass is 363 g/mol. The van der Waals surface area contributed by atoms with E-state index in [0.717, 1.165) is 23.0 Å². The number of fused-ring (bicyclic) bond motifs is 2. The maximum absolute atomic E-state index is 4.91. The second-order valence-corrected chi connectivity index (χ2v) is 7.97. The molecule has 2 aromatic heterocycles. The normalized spacial score (nSPS) is 11.7. The van der Waals surface area contributed by atoms with Crippen molar-refractivity contribution in [3.8, 4) is 0 Å². The van der Waals surface area contributed by atoms with Crippen LogP contribution in [0.15, 0.2) is 53.8 Å². The zero-order valence-corrected chi connectivity index (χ0v) is 16.5. The molecule has 0 saturated heterocycles. The zero-order valence-electron chi connectivity index (χ0n) is 15.7. The molecule has 4 heteroatoms. The Balaban J connectivity index is 1.81. The highest BCUT2D eigenvalue weighted by molar-refractivity contribution is 7.99. The molecule has 0 aliphatic carbocycles. The van der Waals surface area contributed by atoms with Gasteiger partial charge in [0.15, 0.2) is 5.16 Å². The van der Waals surface area contributed by atoms with Crippen LogP contribution >= 0.6 is 11.8 Å². The highest BCUT2D eigenvalue weighted by atomic mass is 32.2. The summed E-state index contributed by atoms with van der Waals surface area (Å²) in [4.78, 5) is 4.91. The molecule has 4 aromatic rings. The van der Waals surface area contributed by atoms with E-state index in [2.05, 4.69) is 78.7 Å². The minimum atomic E-state index is 0.858. The number of nitrogens with zero attached hydrogens (tertiary/aromatic N) is 3. The lowest BCUT2D eigenvalue weighted by atomic mass is 10.1. The Labute approximate surface area is 159 Å². The van der Waals surface area contributed by atoms with Gasteiger partial charge in [-0.25, -0.2) is 4.98 Å². The first-order valence-corrected chi connectivity index (χ1v) is 10.3. The molecule has 0 radical (unpaired) electrons. The highest BCUT2D eigenvalue weighted by Gasteiger charge is 2.15. The average Bonchev–Trinajstić information content (AvgIpc) is 3.15. The molecule has 0 N–H and O–H groups in total. The van der Waals surface area contributed by atoms with Crippen molar-refractivity contribution >= 4 is 33.7 Å². The van der Waals surface area contributed by atoms with Crippen LogP contribution in [0.5, 0.6) is 0 Å². The number of para-hydroxylation sites is 2. The van der Waals surface area contributed by atoms with Crippen LogP contribution in [-0.4, -0.2) is 19.9 Å². The van der Waals surface area contributed by atoms with Crippen molar-refractivity contribution < 1.29 is 0 Å². The summed E-state index contributed by atoms with van der Waals surface area (Å²) in [6.07, 6.45) is 4.71. The summed E-state index contributed by atoms with van der Waals surface area (Å²) in [5, 5.41) is 2.50. The summed E-state index contributed by atoms with van der Waals surface area (Å²) in [6, 6.07) is 15.0. The van der Waals surface area contributed by atoms with E-state index in [1.54, 1.807) is 0 Å². The number of hydrogen-bond donors (Lipinski definition) is 0. The number of imidazole rings is 1. The third-order valence-corrected chi connectivity index (χ3v) is 6.04. The summed E-state index contributed by atoms with van der Waals surface area (Å²) in [6.45, 7) is 5.30. The predicted octanol–water partition coefficient (Wildman–Crippen LogP) is 5.78. The van der Waals surface area contributed by atoms with Crippen LogP contribution in [0.25, 0.3) is 21.9 Å². The molecule has 0 spiro atoms. The Bertz CT molecular complexity index is 1060. The Morgan fingerprint density at radius 2 is 1.85 bits per heavy atom. The fourth-order valence-corrected chi connectivity index (χ4v) is 4.74. The molecule has 0 bridgehead atoms. The fourth-order valence-electron chi connectivity index (χ4n) is 3.65. The molecule has 0 aliphatic rings. The number of aromatic nitrogens is 3. The van der Waals surface area contributed by atoms with E-state index in [1.807, 2.05) is 11.8 Å². The quantitative estimate of drug-likeness (QED) is 0.320. The molecule has 26 heavy (non-hydrogen) atoms. The van der Waals surface area contributed by atoms with Gasteiger partial charge >= 0.3 is 0 Å². The van der Waals surface area contributed by atoms with E-state index >= 15 is 0 Å². The van der Waals surface area contributed by atoms with Crippen molar-refractivity contribution in [3.05, 3.63) is 59.8 Å². The first-order valence-electron chi connectivity index (χ1n) is 9.30. The molecule has 134 valence electrons. The van der Waals surface area contributed by atoms with Crippen molar-refractivity contribution in [2.75, 3.05) is 5.75 Å². The van der Waals surface area contributed by atoms with Gasteiger partial charge in [-0.05, 0) is 42.7 Å². The first kappa shape index (κ1) is 17.2. The molecule has 0 saturated carbocycles. The Hall–Kier alpha value is -2.20. The van der Waals surface area contributed by atoms with Crippen LogP contribution in [0.2, 0.25) is 0 Å². The van der Waals surface area contributed by atoms with Crippen LogP contribution < -0.4 is 0 Å². The largest absolute Gasteiger partial charge is 0.350 e. The fraction of sp³-hybridized carbons (Fsp3) is 0.318.